The van der Waals surface area contributed by atoms with Crippen molar-refractivity contribution in [1.82, 2.24) is 4.90 Å². The first-order valence-corrected chi connectivity index (χ1v) is 7.59. The highest BCUT2D eigenvalue weighted by atomic mass is 35.5. The van der Waals surface area contributed by atoms with E-state index in [1.807, 2.05) is 43.3 Å². The molecular weight excluding hydrogens is 303 g/mol. The van der Waals surface area contributed by atoms with Gasteiger partial charge in [-0.25, -0.2) is 0 Å². The van der Waals surface area contributed by atoms with Crippen LogP contribution in [0.1, 0.15) is 22.7 Å². The van der Waals surface area contributed by atoms with Crippen LogP contribution < -0.4 is 0 Å². The van der Waals surface area contributed by atoms with E-state index in [1.54, 1.807) is 0 Å². The highest BCUT2D eigenvalue weighted by molar-refractivity contribution is 6.36. The Balaban J connectivity index is 2.20. The van der Waals surface area contributed by atoms with E-state index >= 15 is 0 Å². The second kappa shape index (κ2) is 5.70. The molecule has 0 saturated carbocycles. The van der Waals surface area contributed by atoms with Crippen molar-refractivity contribution in [3.05, 3.63) is 69.2 Å². The Bertz CT molecular complexity index is 687. The summed E-state index contributed by atoms with van der Waals surface area (Å²) in [6.07, 6.45) is 0.835. The molecule has 0 spiro atoms. The Morgan fingerprint density at radius 2 is 1.67 bits per heavy atom. The number of rotatable bonds is 1. The molecule has 1 aliphatic rings. The first-order valence-electron chi connectivity index (χ1n) is 6.83. The number of halogens is 2. The molecule has 0 amide bonds. The van der Waals surface area contributed by atoms with Gasteiger partial charge in [0.05, 0.1) is 0 Å². The smallest absolute Gasteiger partial charge is 0.105 e. The first kappa shape index (κ1) is 14.4. The number of hydrogen-bond donors (Lipinski definition) is 0. The Hall–Kier alpha value is -1.51. The van der Waals surface area contributed by atoms with Crippen LogP contribution in [0.2, 0.25) is 10.0 Å². The second-order valence-corrected chi connectivity index (χ2v) is 6.17. The summed E-state index contributed by atoms with van der Waals surface area (Å²) >= 11 is 12.8. The third kappa shape index (κ3) is 2.66. The number of nitrogens with zero attached hydrogens (tertiary/aromatic N) is 2. The molecule has 4 heteroatoms. The molecule has 108 valence electrons. The summed E-state index contributed by atoms with van der Waals surface area (Å²) in [7, 11) is 4.02. The van der Waals surface area contributed by atoms with Crippen molar-refractivity contribution < 1.29 is 0 Å². The van der Waals surface area contributed by atoms with Gasteiger partial charge in [-0.05, 0) is 23.3 Å². The number of fused-ring (bicyclic) bond motifs is 1. The maximum atomic E-state index is 6.39. The summed E-state index contributed by atoms with van der Waals surface area (Å²) in [6, 6.07) is 13.8. The quantitative estimate of drug-likeness (QED) is 0.750. The van der Waals surface area contributed by atoms with E-state index in [-0.39, 0.29) is 6.04 Å². The van der Waals surface area contributed by atoms with E-state index in [4.69, 9.17) is 28.2 Å². The van der Waals surface area contributed by atoms with E-state index in [0.717, 1.165) is 17.8 Å². The van der Waals surface area contributed by atoms with Gasteiger partial charge in [-0.3, -0.25) is 4.99 Å². The lowest BCUT2D eigenvalue weighted by Crippen LogP contribution is -2.28. The largest absolute Gasteiger partial charge is 0.366 e. The van der Waals surface area contributed by atoms with E-state index in [1.165, 1.54) is 11.1 Å². The minimum absolute atomic E-state index is 0.145. The van der Waals surface area contributed by atoms with Gasteiger partial charge < -0.3 is 4.90 Å². The van der Waals surface area contributed by atoms with Crippen molar-refractivity contribution in [2.45, 2.75) is 12.5 Å². The Morgan fingerprint density at radius 3 is 2.33 bits per heavy atom. The van der Waals surface area contributed by atoms with Crippen LogP contribution in [0.4, 0.5) is 0 Å². The van der Waals surface area contributed by atoms with Gasteiger partial charge in [0.2, 0.25) is 0 Å². The second-order valence-electron chi connectivity index (χ2n) is 5.35. The Kier molecular flexibility index (Phi) is 3.92. The van der Waals surface area contributed by atoms with Gasteiger partial charge in [0, 0.05) is 36.1 Å². The molecule has 0 N–H and O–H groups in total. The van der Waals surface area contributed by atoms with Crippen molar-refractivity contribution in [3.63, 3.8) is 0 Å². The molecule has 2 aromatic carbocycles. The van der Waals surface area contributed by atoms with Crippen LogP contribution in [-0.2, 0) is 6.42 Å². The highest BCUT2D eigenvalue weighted by Crippen LogP contribution is 2.40. The van der Waals surface area contributed by atoms with Crippen LogP contribution in [0.5, 0.6) is 0 Å². The number of hydrogen-bond acceptors (Lipinski definition) is 2. The molecule has 2 aromatic rings. The van der Waals surface area contributed by atoms with Gasteiger partial charge in [-0.15, -0.1) is 0 Å². The Labute approximate surface area is 135 Å². The molecule has 1 atom stereocenters. The number of likely N-dealkylation sites (N-methyl/N-ethyl adjacent to an activating group) is 1. The van der Waals surface area contributed by atoms with Gasteiger partial charge in [-0.2, -0.15) is 0 Å². The predicted molar refractivity (Wildman–Crippen MR) is 89.6 cm³/mol. The molecule has 3 rings (SSSR count). The summed E-state index contributed by atoms with van der Waals surface area (Å²) in [5, 5.41) is 1.32. The molecule has 1 aliphatic heterocycles. The average molecular weight is 319 g/mol. The molecule has 0 bridgehead atoms. The molecule has 0 saturated heterocycles. The number of amidine groups is 1. The summed E-state index contributed by atoms with van der Waals surface area (Å²) in [5.41, 5.74) is 3.34. The fraction of sp³-hybridized carbons (Fsp3) is 0.235. The lowest BCUT2D eigenvalue weighted by molar-refractivity contribution is 0.592. The van der Waals surface area contributed by atoms with Crippen molar-refractivity contribution in [2.24, 2.45) is 4.99 Å². The maximum Gasteiger partial charge on any atom is 0.105 e. The maximum absolute atomic E-state index is 6.39. The van der Waals surface area contributed by atoms with E-state index < -0.39 is 0 Å². The third-order valence-electron chi connectivity index (χ3n) is 3.77. The van der Waals surface area contributed by atoms with E-state index in [2.05, 4.69) is 18.2 Å². The fourth-order valence-corrected chi connectivity index (χ4v) is 3.27. The lowest BCUT2D eigenvalue weighted by atomic mass is 9.90. The third-order valence-corrected chi connectivity index (χ3v) is 4.42. The summed E-state index contributed by atoms with van der Waals surface area (Å²) < 4.78 is 0. The van der Waals surface area contributed by atoms with Crippen LogP contribution in [0, 0.1) is 0 Å². The summed E-state index contributed by atoms with van der Waals surface area (Å²) in [4.78, 5) is 6.94. The molecule has 0 fully saturated rings. The topological polar surface area (TPSA) is 15.6 Å². The standard InChI is InChI=1S/C17H16Cl2N2/c1-21(2)15-10-11-6-3-4-7-12(11)17(20-15)16-13(18)8-5-9-14(16)19/h3-9,17H,10H2,1-2H3. The van der Waals surface area contributed by atoms with Crippen molar-refractivity contribution >= 4 is 29.0 Å². The van der Waals surface area contributed by atoms with Crippen LogP contribution >= 0.6 is 23.2 Å². The predicted octanol–water partition coefficient (Wildman–Crippen LogP) is 4.60. The monoisotopic (exact) mass is 318 g/mol. The minimum Gasteiger partial charge on any atom is -0.366 e. The van der Waals surface area contributed by atoms with Crippen LogP contribution in [-0.4, -0.2) is 24.8 Å². The summed E-state index contributed by atoms with van der Waals surface area (Å²) in [5.74, 6) is 1.04. The van der Waals surface area contributed by atoms with Gasteiger partial charge >= 0.3 is 0 Å². The van der Waals surface area contributed by atoms with Gasteiger partial charge in [0.15, 0.2) is 0 Å². The van der Waals surface area contributed by atoms with E-state index in [0.29, 0.717) is 10.0 Å². The zero-order valence-corrected chi connectivity index (χ0v) is 13.5. The minimum atomic E-state index is -0.145. The lowest BCUT2D eigenvalue weighted by Gasteiger charge is -2.28. The number of aliphatic imine (C=N–C) groups is 1. The first-order chi connectivity index (χ1) is 10.1. The van der Waals surface area contributed by atoms with Gasteiger partial charge in [0.1, 0.15) is 11.9 Å². The van der Waals surface area contributed by atoms with Crippen LogP contribution in [0.3, 0.4) is 0 Å². The van der Waals surface area contributed by atoms with Crippen LogP contribution in [0.15, 0.2) is 47.5 Å². The Morgan fingerprint density at radius 1 is 1.00 bits per heavy atom. The molecule has 0 aliphatic carbocycles. The molecular formula is C17H16Cl2N2. The highest BCUT2D eigenvalue weighted by Gasteiger charge is 2.26. The van der Waals surface area contributed by atoms with Crippen molar-refractivity contribution in [2.75, 3.05) is 14.1 Å². The molecule has 0 radical (unpaired) electrons. The number of benzene rings is 2. The average Bonchev–Trinajstić information content (AvgIpc) is 2.46. The summed E-state index contributed by atoms with van der Waals surface area (Å²) in [6.45, 7) is 0. The van der Waals surface area contributed by atoms with E-state index in [9.17, 15) is 0 Å². The molecule has 1 unspecified atom stereocenters. The SMILES string of the molecule is CN(C)C1=NC(c2c(Cl)cccc2Cl)c2ccccc2C1. The fourth-order valence-electron chi connectivity index (χ4n) is 2.66. The molecule has 21 heavy (non-hydrogen) atoms. The molecule has 0 aromatic heterocycles. The normalized spacial score (nSPS) is 17.1. The van der Waals surface area contributed by atoms with Gasteiger partial charge in [-0.1, -0.05) is 53.5 Å². The molecule has 1 heterocycles. The zero-order valence-electron chi connectivity index (χ0n) is 12.0. The zero-order chi connectivity index (χ0) is 15.0. The van der Waals surface area contributed by atoms with Crippen molar-refractivity contribution in [1.29, 1.82) is 0 Å². The van der Waals surface area contributed by atoms with Crippen LogP contribution in [0.25, 0.3) is 0 Å². The molecule has 2 nitrogen and oxygen atoms in total. The van der Waals surface area contributed by atoms with Gasteiger partial charge in [0.25, 0.3) is 0 Å². The van der Waals surface area contributed by atoms with Crippen molar-refractivity contribution in [3.8, 4) is 0 Å².